The number of piperazine rings is 1. The molecule has 2 N–H and O–H groups in total. The molecule has 0 radical (unpaired) electrons. The van der Waals surface area contributed by atoms with Gasteiger partial charge in [-0.2, -0.15) is 5.10 Å². The number of amides is 1. The maximum absolute atomic E-state index is 13.4. The largest absolute Gasteiger partial charge is 0.362 e. The Kier molecular flexibility index (Phi) is 7.73. The number of aromatic nitrogens is 4. The van der Waals surface area contributed by atoms with E-state index in [2.05, 4.69) is 74.6 Å². The van der Waals surface area contributed by atoms with Crippen molar-refractivity contribution in [3.05, 3.63) is 76.6 Å². The third-order valence-electron chi connectivity index (χ3n) is 8.38. The summed E-state index contributed by atoms with van der Waals surface area (Å²) in [7, 11) is 2.19. The molecule has 2 aromatic carbocycles. The van der Waals surface area contributed by atoms with Gasteiger partial charge in [-0.25, -0.2) is 9.97 Å². The number of rotatable bonds is 9. The average Bonchev–Trinajstić information content (AvgIpc) is 3.74. The molecule has 1 atom stereocenters. The number of nitrogens with one attached hydrogen (secondary N) is 2. The van der Waals surface area contributed by atoms with E-state index in [1.54, 1.807) is 6.20 Å². The van der Waals surface area contributed by atoms with E-state index in [-0.39, 0.29) is 11.9 Å². The van der Waals surface area contributed by atoms with Crippen LogP contribution in [-0.4, -0.2) is 68.7 Å². The van der Waals surface area contributed by atoms with Crippen molar-refractivity contribution in [2.45, 2.75) is 58.7 Å². The van der Waals surface area contributed by atoms with Crippen LogP contribution in [0.25, 0.3) is 11.2 Å². The van der Waals surface area contributed by atoms with Crippen LogP contribution in [0.15, 0.2) is 48.8 Å². The van der Waals surface area contributed by atoms with Crippen LogP contribution in [-0.2, 0) is 13.1 Å². The van der Waals surface area contributed by atoms with Gasteiger partial charge in [-0.05, 0) is 93.1 Å². The Balaban J connectivity index is 1.15. The van der Waals surface area contributed by atoms with E-state index in [0.29, 0.717) is 17.4 Å². The first-order valence-corrected chi connectivity index (χ1v) is 14.8. The molecular formula is C32H40N8O. The van der Waals surface area contributed by atoms with Crippen LogP contribution >= 0.6 is 0 Å². The molecule has 6 rings (SSSR count). The van der Waals surface area contributed by atoms with E-state index >= 15 is 0 Å². The van der Waals surface area contributed by atoms with Gasteiger partial charge in [0.2, 0.25) is 5.65 Å². The Morgan fingerprint density at radius 1 is 1.10 bits per heavy atom. The van der Waals surface area contributed by atoms with Gasteiger partial charge in [-0.3, -0.25) is 14.4 Å². The standard InChI is InChI=1S/C32H40N8O/c1-5-40-20-29-31(37-40)36-30(18-33-29)34-22(3)27-17-26(11-6-21(27)2)35-32(41)24-9-10-25(28(16-24)23-7-8-23)19-39-14-12-38(4)13-15-39/h6,9-11,16-18,20,22-23H,5,7-8,12-15,19H2,1-4H3,(H,35,41)(H,34,36,37)/t22-/m0/s1. The van der Waals surface area contributed by atoms with Crippen molar-refractivity contribution in [3.8, 4) is 0 Å². The topological polar surface area (TPSA) is 91.2 Å². The first-order chi connectivity index (χ1) is 19.9. The quantitative estimate of drug-likeness (QED) is 0.295. The summed E-state index contributed by atoms with van der Waals surface area (Å²) < 4.78 is 1.84. The Hall–Kier alpha value is -3.82. The Morgan fingerprint density at radius 2 is 1.90 bits per heavy atom. The van der Waals surface area contributed by atoms with Crippen LogP contribution in [0.2, 0.25) is 0 Å². The zero-order valence-corrected chi connectivity index (χ0v) is 24.5. The fraction of sp³-hybridized carbons (Fsp3) is 0.438. The van der Waals surface area contributed by atoms with Crippen molar-refractivity contribution >= 4 is 28.6 Å². The van der Waals surface area contributed by atoms with Crippen LogP contribution in [0.5, 0.6) is 0 Å². The van der Waals surface area contributed by atoms with Crippen LogP contribution < -0.4 is 10.6 Å². The smallest absolute Gasteiger partial charge is 0.255 e. The van der Waals surface area contributed by atoms with Gasteiger partial charge in [-0.1, -0.05) is 12.1 Å². The number of benzene rings is 2. The highest BCUT2D eigenvalue weighted by Gasteiger charge is 2.28. The molecule has 9 nitrogen and oxygen atoms in total. The highest BCUT2D eigenvalue weighted by atomic mass is 16.1. The second-order valence-electron chi connectivity index (χ2n) is 11.6. The van der Waals surface area contributed by atoms with Crippen LogP contribution in [0.3, 0.4) is 0 Å². The zero-order valence-electron chi connectivity index (χ0n) is 24.5. The molecule has 2 aromatic heterocycles. The van der Waals surface area contributed by atoms with E-state index in [1.807, 2.05) is 36.0 Å². The van der Waals surface area contributed by atoms with Gasteiger partial charge in [0.1, 0.15) is 11.3 Å². The van der Waals surface area contributed by atoms with E-state index in [0.717, 1.165) is 67.2 Å². The Morgan fingerprint density at radius 3 is 2.66 bits per heavy atom. The lowest BCUT2D eigenvalue weighted by atomic mass is 9.98. The van der Waals surface area contributed by atoms with Gasteiger partial charge in [0.25, 0.3) is 5.91 Å². The molecule has 9 heteroatoms. The van der Waals surface area contributed by atoms with Crippen LogP contribution in [0, 0.1) is 6.92 Å². The molecule has 1 saturated heterocycles. The van der Waals surface area contributed by atoms with Crippen LogP contribution in [0.1, 0.15) is 71.3 Å². The molecule has 1 amide bonds. The maximum atomic E-state index is 13.4. The first kappa shape index (κ1) is 27.4. The molecule has 0 unspecified atom stereocenters. The highest BCUT2D eigenvalue weighted by molar-refractivity contribution is 6.04. The molecular weight excluding hydrogens is 512 g/mol. The predicted molar refractivity (Wildman–Crippen MR) is 163 cm³/mol. The summed E-state index contributed by atoms with van der Waals surface area (Å²) in [5.74, 6) is 1.18. The highest BCUT2D eigenvalue weighted by Crippen LogP contribution is 2.42. The molecule has 214 valence electrons. The van der Waals surface area contributed by atoms with Crippen molar-refractivity contribution in [2.75, 3.05) is 43.9 Å². The molecule has 1 saturated carbocycles. The summed E-state index contributed by atoms with van der Waals surface area (Å²) in [4.78, 5) is 27.5. The fourth-order valence-corrected chi connectivity index (χ4v) is 5.67. The lowest BCUT2D eigenvalue weighted by molar-refractivity contribution is 0.102. The van der Waals surface area contributed by atoms with Crippen molar-refractivity contribution in [3.63, 3.8) is 0 Å². The number of likely N-dealkylation sites (N-methyl/N-ethyl adjacent to an activating group) is 1. The minimum absolute atomic E-state index is 0.0396. The number of carbonyl (C=O) groups is 1. The fourth-order valence-electron chi connectivity index (χ4n) is 5.67. The summed E-state index contributed by atoms with van der Waals surface area (Å²) in [6, 6.07) is 12.3. The molecule has 0 bridgehead atoms. The number of anilines is 2. The lowest BCUT2D eigenvalue weighted by Crippen LogP contribution is -2.44. The number of fused-ring (bicyclic) bond motifs is 1. The number of aryl methyl sites for hydroxylation is 2. The van der Waals surface area contributed by atoms with Crippen molar-refractivity contribution < 1.29 is 4.79 Å². The summed E-state index contributed by atoms with van der Waals surface area (Å²) >= 11 is 0. The second kappa shape index (κ2) is 11.6. The van der Waals surface area contributed by atoms with Crippen LogP contribution in [0.4, 0.5) is 11.5 Å². The van der Waals surface area contributed by atoms with Crippen molar-refractivity contribution in [1.82, 2.24) is 29.5 Å². The average molecular weight is 553 g/mol. The Bertz CT molecular complexity index is 1550. The second-order valence-corrected chi connectivity index (χ2v) is 11.6. The van der Waals surface area contributed by atoms with E-state index in [9.17, 15) is 4.79 Å². The zero-order chi connectivity index (χ0) is 28.5. The predicted octanol–water partition coefficient (Wildman–Crippen LogP) is 5.20. The van der Waals surface area contributed by atoms with Gasteiger partial charge in [-0.15, -0.1) is 0 Å². The number of hydrogen-bond donors (Lipinski definition) is 2. The van der Waals surface area contributed by atoms with E-state index in [4.69, 9.17) is 0 Å². The Labute approximate surface area is 242 Å². The van der Waals surface area contributed by atoms with E-state index in [1.165, 1.54) is 24.0 Å². The van der Waals surface area contributed by atoms with Gasteiger partial charge < -0.3 is 15.5 Å². The molecule has 3 heterocycles. The molecule has 4 aromatic rings. The number of nitrogens with zero attached hydrogens (tertiary/aromatic N) is 6. The minimum Gasteiger partial charge on any atom is -0.362 e. The molecule has 1 aliphatic carbocycles. The molecule has 0 spiro atoms. The number of hydrogen-bond acceptors (Lipinski definition) is 7. The maximum Gasteiger partial charge on any atom is 0.255 e. The van der Waals surface area contributed by atoms with Gasteiger partial charge >= 0.3 is 0 Å². The third kappa shape index (κ3) is 6.26. The normalized spacial score (nSPS) is 17.1. The lowest BCUT2D eigenvalue weighted by Gasteiger charge is -2.32. The van der Waals surface area contributed by atoms with Gasteiger partial charge in [0.05, 0.1) is 18.4 Å². The molecule has 2 fully saturated rings. The summed E-state index contributed by atoms with van der Waals surface area (Å²) in [5, 5.41) is 11.1. The third-order valence-corrected chi connectivity index (χ3v) is 8.38. The van der Waals surface area contributed by atoms with E-state index < -0.39 is 0 Å². The monoisotopic (exact) mass is 552 g/mol. The number of carbonyl (C=O) groups excluding carboxylic acids is 1. The molecule has 2 aliphatic rings. The summed E-state index contributed by atoms with van der Waals surface area (Å²) in [6.45, 7) is 12.4. The van der Waals surface area contributed by atoms with Crippen molar-refractivity contribution in [1.29, 1.82) is 0 Å². The van der Waals surface area contributed by atoms with Gasteiger partial charge in [0, 0.05) is 50.5 Å². The minimum atomic E-state index is -0.0729. The van der Waals surface area contributed by atoms with Gasteiger partial charge in [0.15, 0.2) is 0 Å². The first-order valence-electron chi connectivity index (χ1n) is 14.8. The molecule has 1 aliphatic heterocycles. The summed E-state index contributed by atoms with van der Waals surface area (Å²) in [6.07, 6.45) is 6.07. The molecule has 41 heavy (non-hydrogen) atoms. The van der Waals surface area contributed by atoms with Crippen molar-refractivity contribution in [2.24, 2.45) is 0 Å². The summed E-state index contributed by atoms with van der Waals surface area (Å²) in [5.41, 5.74) is 7.85. The SMILES string of the molecule is CCn1cc2ncc(N[C@@H](C)c3cc(NC(=O)c4ccc(CN5CCN(C)CC5)c(C5CC5)c4)ccc3C)nc2n1.